The lowest BCUT2D eigenvalue weighted by molar-refractivity contribution is -0.146. The molecule has 0 saturated carbocycles. The highest BCUT2D eigenvalue weighted by Crippen LogP contribution is 2.52. The molecule has 2 saturated heterocycles. The van der Waals surface area contributed by atoms with E-state index in [1.165, 1.54) is 4.90 Å². The minimum atomic E-state index is -1.00. The van der Waals surface area contributed by atoms with Crippen LogP contribution in [-0.4, -0.2) is 40.4 Å². The number of nitrogens with zero attached hydrogens (tertiary/aromatic N) is 2. The fourth-order valence-corrected chi connectivity index (χ4v) is 3.45. The second-order valence-electron chi connectivity index (χ2n) is 5.46. The van der Waals surface area contributed by atoms with Gasteiger partial charge in [0.25, 0.3) is 0 Å². The van der Waals surface area contributed by atoms with Gasteiger partial charge in [-0.2, -0.15) is 0 Å². The lowest BCUT2D eigenvalue weighted by Gasteiger charge is -2.21. The van der Waals surface area contributed by atoms with E-state index in [0.717, 1.165) is 0 Å². The number of anilines is 1. The van der Waals surface area contributed by atoms with Crippen molar-refractivity contribution in [1.29, 1.82) is 0 Å². The van der Waals surface area contributed by atoms with Crippen molar-refractivity contribution >= 4 is 17.7 Å². The molecule has 3 aliphatic rings. The number of carbonyl (C=O) groups excluding carboxylic acids is 1. The van der Waals surface area contributed by atoms with Crippen molar-refractivity contribution in [3.63, 3.8) is 0 Å². The Bertz CT molecular complexity index is 651. The Balaban J connectivity index is 1.75. The van der Waals surface area contributed by atoms with Crippen LogP contribution < -0.4 is 4.90 Å². The summed E-state index contributed by atoms with van der Waals surface area (Å²) in [5.74, 6) is -1.79. The van der Waals surface area contributed by atoms with E-state index in [1.54, 1.807) is 19.1 Å². The molecule has 0 aliphatic carbocycles. The highest BCUT2D eigenvalue weighted by molar-refractivity contribution is 6.01. The summed E-state index contributed by atoms with van der Waals surface area (Å²) in [6.45, 7) is 2.01. The van der Waals surface area contributed by atoms with Crippen LogP contribution in [0.3, 0.4) is 0 Å². The summed E-state index contributed by atoms with van der Waals surface area (Å²) in [7, 11) is 0. The zero-order valence-corrected chi connectivity index (χ0v) is 10.6. The van der Waals surface area contributed by atoms with Gasteiger partial charge in [0.15, 0.2) is 5.82 Å². The normalized spacial score (nSPS) is 37.8. The van der Waals surface area contributed by atoms with Gasteiger partial charge in [0.2, 0.25) is 5.91 Å². The van der Waals surface area contributed by atoms with Crippen LogP contribution in [0.25, 0.3) is 0 Å². The number of aliphatic carboxylic acids is 1. The van der Waals surface area contributed by atoms with E-state index in [-0.39, 0.29) is 12.5 Å². The molecule has 7 nitrogen and oxygen atoms in total. The number of fused-ring (bicyclic) bond motifs is 1. The summed E-state index contributed by atoms with van der Waals surface area (Å²) in [5, 5.41) is 13.2. The molecule has 0 unspecified atom stereocenters. The van der Waals surface area contributed by atoms with Gasteiger partial charge in [-0.05, 0) is 6.92 Å². The summed E-state index contributed by atoms with van der Waals surface area (Å²) in [5.41, 5.74) is -0.836. The Morgan fingerprint density at radius 2 is 2.40 bits per heavy atom. The maximum absolute atomic E-state index is 12.6. The summed E-state index contributed by atoms with van der Waals surface area (Å²) in [4.78, 5) is 25.4. The predicted octanol–water partition coefficient (Wildman–Crippen LogP) is 0.354. The Morgan fingerprint density at radius 1 is 1.60 bits per heavy atom. The molecule has 3 aliphatic heterocycles. The van der Waals surface area contributed by atoms with Crippen molar-refractivity contribution < 1.29 is 24.0 Å². The summed E-state index contributed by atoms with van der Waals surface area (Å²) >= 11 is 0. The molecular weight excluding hydrogens is 264 g/mol. The van der Waals surface area contributed by atoms with Crippen LogP contribution in [0.1, 0.15) is 5.76 Å². The molecule has 1 spiro atoms. The van der Waals surface area contributed by atoms with E-state index < -0.39 is 29.5 Å². The molecule has 4 atom stereocenters. The van der Waals surface area contributed by atoms with E-state index in [9.17, 15) is 14.7 Å². The molecule has 0 radical (unpaired) electrons. The summed E-state index contributed by atoms with van der Waals surface area (Å²) < 4.78 is 10.8. The van der Waals surface area contributed by atoms with Crippen molar-refractivity contribution in [2.24, 2.45) is 11.8 Å². The number of aryl methyl sites for hydroxylation is 1. The Morgan fingerprint density at radius 3 is 3.05 bits per heavy atom. The molecule has 1 aromatic rings. The average molecular weight is 276 g/mol. The molecule has 2 fully saturated rings. The molecule has 2 bridgehead atoms. The first-order chi connectivity index (χ1) is 9.52. The van der Waals surface area contributed by atoms with Gasteiger partial charge in [0.1, 0.15) is 17.3 Å². The largest absolute Gasteiger partial charge is 0.481 e. The van der Waals surface area contributed by atoms with E-state index in [4.69, 9.17) is 9.26 Å². The molecule has 0 aromatic carbocycles. The lowest BCUT2D eigenvalue weighted by Crippen LogP contribution is -2.39. The third-order valence-electron chi connectivity index (χ3n) is 4.28. The van der Waals surface area contributed by atoms with Crippen LogP contribution in [0.15, 0.2) is 22.7 Å². The lowest BCUT2D eigenvalue weighted by atomic mass is 9.77. The monoisotopic (exact) mass is 276 g/mol. The first-order valence-electron chi connectivity index (χ1n) is 6.36. The van der Waals surface area contributed by atoms with Gasteiger partial charge in [0.05, 0.1) is 18.6 Å². The van der Waals surface area contributed by atoms with Crippen molar-refractivity contribution in [2.75, 3.05) is 11.4 Å². The van der Waals surface area contributed by atoms with Gasteiger partial charge in [-0.15, -0.1) is 0 Å². The van der Waals surface area contributed by atoms with E-state index in [0.29, 0.717) is 11.6 Å². The zero-order valence-electron chi connectivity index (χ0n) is 10.6. The van der Waals surface area contributed by atoms with Crippen molar-refractivity contribution in [1.82, 2.24) is 5.16 Å². The van der Waals surface area contributed by atoms with E-state index in [2.05, 4.69) is 5.16 Å². The third-order valence-corrected chi connectivity index (χ3v) is 4.28. The molecule has 1 amide bonds. The molecule has 104 valence electrons. The Kier molecular flexibility index (Phi) is 2.03. The van der Waals surface area contributed by atoms with Gasteiger partial charge in [-0.1, -0.05) is 17.3 Å². The van der Waals surface area contributed by atoms with Gasteiger partial charge in [-0.25, -0.2) is 0 Å². The Labute approximate surface area is 113 Å². The summed E-state index contributed by atoms with van der Waals surface area (Å²) in [6, 6.07) is 1.65. The number of amides is 1. The van der Waals surface area contributed by atoms with Crippen molar-refractivity contribution in [3.8, 4) is 0 Å². The molecule has 1 aromatic heterocycles. The number of carboxylic acids is 1. The first kappa shape index (κ1) is 11.7. The van der Waals surface area contributed by atoms with Gasteiger partial charge >= 0.3 is 5.97 Å². The number of hydrogen-bond acceptors (Lipinski definition) is 5. The number of aromatic nitrogens is 1. The maximum Gasteiger partial charge on any atom is 0.310 e. The SMILES string of the molecule is Cc1cc(N2C[C@@]34C=C[C@@H](O3)[C@@H](C(=O)O)[C@@H]4C2=O)no1. The molecular formula is C13H12N2O5. The van der Waals surface area contributed by atoms with Crippen LogP contribution in [0.5, 0.6) is 0 Å². The molecule has 4 heterocycles. The number of carboxylic acid groups (broad SMARTS) is 1. The number of rotatable bonds is 2. The molecule has 20 heavy (non-hydrogen) atoms. The Hall–Kier alpha value is -2.15. The first-order valence-corrected chi connectivity index (χ1v) is 6.36. The second-order valence-corrected chi connectivity index (χ2v) is 5.46. The van der Waals surface area contributed by atoms with Crippen LogP contribution in [-0.2, 0) is 14.3 Å². The van der Waals surface area contributed by atoms with Crippen LogP contribution in [0.4, 0.5) is 5.82 Å². The van der Waals surface area contributed by atoms with Gasteiger partial charge < -0.3 is 14.4 Å². The minimum absolute atomic E-state index is 0.266. The van der Waals surface area contributed by atoms with E-state index >= 15 is 0 Å². The predicted molar refractivity (Wildman–Crippen MR) is 65.0 cm³/mol. The molecule has 7 heteroatoms. The maximum atomic E-state index is 12.6. The highest BCUT2D eigenvalue weighted by Gasteiger charge is 2.67. The average Bonchev–Trinajstić information content (AvgIpc) is 3.10. The second kappa shape index (κ2) is 3.49. The quantitative estimate of drug-likeness (QED) is 0.784. The molecule has 1 N–H and O–H groups in total. The topological polar surface area (TPSA) is 92.9 Å². The fraction of sp³-hybridized carbons (Fsp3) is 0.462. The third kappa shape index (κ3) is 1.25. The van der Waals surface area contributed by atoms with Crippen LogP contribution in [0, 0.1) is 18.8 Å². The van der Waals surface area contributed by atoms with Crippen molar-refractivity contribution in [3.05, 3.63) is 24.0 Å². The summed E-state index contributed by atoms with van der Waals surface area (Å²) in [6.07, 6.45) is 3.04. The zero-order chi connectivity index (χ0) is 14.1. The number of ether oxygens (including phenoxy) is 1. The van der Waals surface area contributed by atoms with Crippen LogP contribution in [0.2, 0.25) is 0 Å². The van der Waals surface area contributed by atoms with Gasteiger partial charge in [0, 0.05) is 6.07 Å². The highest BCUT2D eigenvalue weighted by atomic mass is 16.5. The van der Waals surface area contributed by atoms with Crippen molar-refractivity contribution in [2.45, 2.75) is 18.6 Å². The fourth-order valence-electron chi connectivity index (χ4n) is 3.45. The number of carbonyl (C=O) groups is 2. The van der Waals surface area contributed by atoms with E-state index in [1.807, 2.05) is 6.08 Å². The standard InChI is InChI=1S/C13H12N2O5/c1-6-4-8(14-20-6)15-5-13-3-2-7(19-13)9(12(17)18)10(13)11(15)16/h2-4,7,9-10H,5H2,1H3,(H,17,18)/t7-,9-,10-,13-/m1/s1. The van der Waals surface area contributed by atoms with Crippen LogP contribution >= 0.6 is 0 Å². The number of hydrogen-bond donors (Lipinski definition) is 1. The smallest absolute Gasteiger partial charge is 0.310 e. The van der Waals surface area contributed by atoms with Gasteiger partial charge in [-0.3, -0.25) is 14.5 Å². The minimum Gasteiger partial charge on any atom is -0.481 e. The molecule has 4 rings (SSSR count).